The normalized spacial score (nSPS) is 23.7. The first kappa shape index (κ1) is 38.6. The third-order valence-electron chi connectivity index (χ3n) is 10.9. The van der Waals surface area contributed by atoms with E-state index in [1.54, 1.807) is 62.7 Å². The molecule has 2 nitrogen and oxygen atoms in total. The van der Waals surface area contributed by atoms with E-state index in [9.17, 15) is 0 Å². The van der Waals surface area contributed by atoms with E-state index in [0.717, 1.165) is 59.7 Å². The van der Waals surface area contributed by atoms with Gasteiger partial charge in [-0.1, -0.05) is 396 Å². The Morgan fingerprint density at radius 1 is 0.284 bits per heavy atom. The van der Waals surface area contributed by atoms with Crippen LogP contribution in [-0.4, -0.2) is 27.4 Å². The van der Waals surface area contributed by atoms with Crippen molar-refractivity contribution in [2.75, 3.05) is 27.4 Å². The predicted molar refractivity (Wildman–Crippen MR) is 360 cm³/mol. The fourth-order valence-electron chi connectivity index (χ4n) is 3.62. The van der Waals surface area contributed by atoms with Crippen molar-refractivity contribution in [1.82, 2.24) is 0 Å². The molecular weight excluding hydrogens is 897 g/mol. The van der Waals surface area contributed by atoms with E-state index in [2.05, 4.69) is 13.8 Å². The average Bonchev–Trinajstić information content (AvgIpc) is 0.691. The van der Waals surface area contributed by atoms with Gasteiger partial charge in [0.05, 0.1) is 0 Å². The zero-order chi connectivity index (χ0) is 96.0. The van der Waals surface area contributed by atoms with Crippen molar-refractivity contribution in [3.63, 3.8) is 0 Å². The van der Waals surface area contributed by atoms with Crippen LogP contribution in [0, 0.1) is 37.9 Å². The quantitative estimate of drug-likeness (QED) is 0.121. The first-order chi connectivity index (χ1) is 48.3. The Hall–Kier alpha value is -0.0800. The lowest BCUT2D eigenvalue weighted by molar-refractivity contribution is 0.00575. The van der Waals surface area contributed by atoms with Crippen LogP contribution >= 0.6 is 0 Å². The maximum atomic E-state index is 7.79. The van der Waals surface area contributed by atoms with Crippen molar-refractivity contribution in [3.05, 3.63) is 0 Å². The van der Waals surface area contributed by atoms with E-state index in [1.807, 2.05) is 96.9 Å². The standard InChI is InChI=1S/C11H24.2C9H20.7C5H12.2C4H10O/c1-9(2,3)11(7,8)10(4,5)6;2*1-7-9(5,6)8(2,3)4;7*1-3-5-4-2;2*1-3-4-5-2/h1-8H3;2*7H2,1-6H3;7*3-5H2,1-2H3;2*3-4H2,1-2H3/i1D3,2D3,7D3;2*5D3;3D2,4D2,5D2;2*3D2,5D2;3D2,4D2;5D2;2*3D2;;. The van der Waals surface area contributed by atoms with Gasteiger partial charge >= 0.3 is 0 Å². The first-order valence-corrected chi connectivity index (χ1v) is 27.8. The molecule has 0 aliphatic carbocycles. The summed E-state index contributed by atoms with van der Waals surface area (Å²) in [6, 6.07) is 0. The molecule has 0 saturated heterocycles. The van der Waals surface area contributed by atoms with Gasteiger partial charge in [-0.05, 0) is 50.7 Å². The molecule has 3 unspecified atom stereocenters. The van der Waals surface area contributed by atoms with Crippen molar-refractivity contribution in [2.24, 2.45) is 37.9 Å². The van der Waals surface area contributed by atoms with Crippen LogP contribution in [0.25, 0.3) is 0 Å². The summed E-state index contributed by atoms with van der Waals surface area (Å²) >= 11 is 0. The second kappa shape index (κ2) is 75.0. The molecule has 468 valence electrons. The van der Waals surface area contributed by atoms with Gasteiger partial charge < -0.3 is 9.47 Å². The summed E-state index contributed by atoms with van der Waals surface area (Å²) in [4.78, 5) is 0. The summed E-state index contributed by atoms with van der Waals surface area (Å²) in [5, 5.41) is 0. The van der Waals surface area contributed by atoms with E-state index < -0.39 is 138 Å². The van der Waals surface area contributed by atoms with Gasteiger partial charge in [-0.25, -0.2) is 0 Å². The Morgan fingerprint density at radius 2 is 0.568 bits per heavy atom. The van der Waals surface area contributed by atoms with Gasteiger partial charge in [-0.15, -0.1) is 0 Å². The molecule has 3 atom stereocenters. The molecule has 2 heteroatoms. The minimum Gasteiger partial charge on any atom is -0.385 e. The van der Waals surface area contributed by atoms with E-state index in [0.29, 0.717) is 38.5 Å². The third kappa shape index (κ3) is 101. The topological polar surface area (TPSA) is 18.5 Å². The fourth-order valence-corrected chi connectivity index (χ4v) is 3.62. The Balaban J connectivity index is -0.000000100. The number of rotatable bonds is 20. The molecule has 0 aliphatic rings. The predicted octanol–water partition coefficient (Wildman–Crippen LogP) is 28.5. The van der Waals surface area contributed by atoms with Gasteiger partial charge in [0.15, 0.2) is 0 Å². The Kier molecular flexibility index (Phi) is 39.1. The highest BCUT2D eigenvalue weighted by atomic mass is 16.5. The molecule has 0 aromatic heterocycles. The highest BCUT2D eigenvalue weighted by molar-refractivity contribution is 4.91. The second-order valence-electron chi connectivity index (χ2n) is 20.6. The molecule has 0 fully saturated rings. The number of ether oxygens (including phenoxy) is 2. The summed E-state index contributed by atoms with van der Waals surface area (Å²) in [7, 11) is 3.42. The summed E-state index contributed by atoms with van der Waals surface area (Å²) in [5.74, 6) is 0. The lowest BCUT2D eigenvalue weighted by Crippen LogP contribution is -2.41. The van der Waals surface area contributed by atoms with Crippen LogP contribution in [0.4, 0.5) is 0 Å². The maximum absolute atomic E-state index is 7.79. The smallest absolute Gasteiger partial charge is 0.0459 e. The Bertz CT molecular complexity index is 2090. The molecule has 0 aromatic carbocycles. The Morgan fingerprint density at radius 3 is 0.581 bits per heavy atom. The van der Waals surface area contributed by atoms with Crippen LogP contribution in [0.2, 0.25) is 0 Å². The molecule has 74 heavy (non-hydrogen) atoms. The molecule has 0 heterocycles. The molecule has 0 saturated carbocycles. The summed E-state index contributed by atoms with van der Waals surface area (Å²) in [6.07, 6.45) is -10.7. The van der Waals surface area contributed by atoms with Crippen molar-refractivity contribution in [2.45, 2.75) is 409 Å². The van der Waals surface area contributed by atoms with Crippen LogP contribution in [0.1, 0.15) is 462 Å². The van der Waals surface area contributed by atoms with Gasteiger partial charge in [0.1, 0.15) is 0 Å². The van der Waals surface area contributed by atoms with Gasteiger partial charge in [0.2, 0.25) is 0 Å². The first-order valence-electron chi connectivity index (χ1n) is 47.3. The van der Waals surface area contributed by atoms with Gasteiger partial charge in [0.25, 0.3) is 0 Å². The lowest BCUT2D eigenvalue weighted by atomic mass is 9.56. The van der Waals surface area contributed by atoms with Gasteiger partial charge in [-0.2, -0.15) is 0 Å². The number of methoxy groups -OCH3 is 2. The monoisotopic (exact) mass is 1100 g/mol. The zero-order valence-corrected chi connectivity index (χ0v) is 56.4. The van der Waals surface area contributed by atoms with Crippen LogP contribution in [0.15, 0.2) is 0 Å². The lowest BCUT2D eigenvalue weighted by Gasteiger charge is -2.49. The van der Waals surface area contributed by atoms with Crippen LogP contribution in [-0.2, 0) is 9.47 Å². The van der Waals surface area contributed by atoms with Crippen LogP contribution in [0.5, 0.6) is 0 Å². The molecular formula is C72H168O2. The molecule has 0 radical (unpaired) electrons. The number of hydrogen-bond acceptors (Lipinski definition) is 2. The van der Waals surface area contributed by atoms with Gasteiger partial charge in [-0.3, -0.25) is 0 Å². The third-order valence-corrected chi connectivity index (χ3v) is 10.9. The molecule has 0 amide bonds. The highest BCUT2D eigenvalue weighted by Crippen LogP contribution is 2.50. The van der Waals surface area contributed by atoms with E-state index in [1.165, 1.54) is 34.6 Å². The number of hydrogen-bond donors (Lipinski definition) is 0. The van der Waals surface area contributed by atoms with Crippen molar-refractivity contribution in [1.29, 1.82) is 0 Å². The highest BCUT2D eigenvalue weighted by Gasteiger charge is 2.42. The zero-order valence-electron chi connectivity index (χ0n) is 95.4. The molecule has 0 N–H and O–H groups in total. The fraction of sp³-hybridized carbons (Fsp3) is 1.00. The van der Waals surface area contributed by atoms with E-state index in [4.69, 9.17) is 62.9 Å². The van der Waals surface area contributed by atoms with E-state index >= 15 is 0 Å². The molecule has 0 bridgehead atoms. The summed E-state index contributed by atoms with van der Waals surface area (Å²) in [6.45, 7) is 41.7. The SMILES string of the molecule is CCCOC.CCCOC.[2H]C([2H])(C)C([2H])([2H])C([2H])([2H])C.[2H]C([2H])(C)C([2H])([2H])CC.[2H]C([2H])(C)C([2H])([2H])CC.[2H]C([2H])(C)CC([2H])([2H])C.[2H]C([2H])(C)CCC.[2H]C([2H])(C)CCC.[2H]C([2H])(CC)CC.[2H]C([2H])([2H])C(C)(C([2H])([2H])[2H])C(C)(C([2H])([2H])[2H])C(C)(C)C.[2H]C([2H])([2H])C(C)(CC)C(C)(C)C.[2H]C([2H])([2H])C(C)(CC)C(C)(C)C. The second-order valence-corrected chi connectivity index (χ2v) is 20.6. The minimum absolute atomic E-state index is 0.0417. The maximum Gasteiger partial charge on any atom is 0.0459 e. The Labute approximate surface area is 537 Å². The van der Waals surface area contributed by atoms with Crippen LogP contribution < -0.4 is 0 Å². The summed E-state index contributed by atoms with van der Waals surface area (Å²) in [5.41, 5.74) is -6.85. The molecule has 0 aliphatic heterocycles. The minimum atomic E-state index is -2.94. The largest absolute Gasteiger partial charge is 0.385 e. The van der Waals surface area contributed by atoms with Crippen molar-refractivity contribution < 1.29 is 62.9 Å². The van der Waals surface area contributed by atoms with E-state index in [-0.39, 0.29) is 30.1 Å². The average molecular weight is 1110 g/mol. The molecule has 0 rings (SSSR count). The molecule has 0 spiro atoms. The van der Waals surface area contributed by atoms with Crippen molar-refractivity contribution in [3.8, 4) is 0 Å². The molecule has 0 aromatic rings. The summed E-state index contributed by atoms with van der Waals surface area (Å²) < 4.78 is 293. The van der Waals surface area contributed by atoms with Gasteiger partial charge in [0, 0.05) is 80.9 Å². The van der Waals surface area contributed by atoms with Crippen LogP contribution in [0.3, 0.4) is 0 Å². The van der Waals surface area contributed by atoms with Crippen molar-refractivity contribution >= 4 is 0 Å².